The Balaban J connectivity index is 1.77. The van der Waals surface area contributed by atoms with Gasteiger partial charge in [0.1, 0.15) is 0 Å². The number of nitro groups is 2. The number of allylic oxidation sites excluding steroid dienone is 2. The van der Waals surface area contributed by atoms with Crippen LogP contribution in [0.25, 0.3) is 11.1 Å². The van der Waals surface area contributed by atoms with Gasteiger partial charge in [-0.25, -0.2) is 0 Å². The number of nitro benzene ring substituents is 2. The molecule has 0 unspecified atom stereocenters. The van der Waals surface area contributed by atoms with E-state index >= 15 is 17.6 Å². The molecule has 37 heavy (non-hydrogen) atoms. The molecule has 0 N–H and O–H groups in total. The van der Waals surface area contributed by atoms with Crippen molar-refractivity contribution in [2.45, 2.75) is 50.9 Å². The summed E-state index contributed by atoms with van der Waals surface area (Å²) in [5, 5.41) is 22.7. The van der Waals surface area contributed by atoms with Gasteiger partial charge in [0.2, 0.25) is 0 Å². The maximum Gasteiger partial charge on any atom is 0.380 e. The molecule has 2 atom stereocenters. The van der Waals surface area contributed by atoms with Crippen LogP contribution in [0.2, 0.25) is 0 Å². The van der Waals surface area contributed by atoms with Gasteiger partial charge in [-0.3, -0.25) is 20.2 Å². The van der Waals surface area contributed by atoms with E-state index in [-0.39, 0.29) is 32.3 Å². The van der Waals surface area contributed by atoms with Gasteiger partial charge in [0.25, 0.3) is 11.4 Å². The molecule has 1 fully saturated rings. The third-order valence-corrected chi connectivity index (χ3v) is 10.8. The van der Waals surface area contributed by atoms with Crippen molar-refractivity contribution in [1.82, 2.24) is 0 Å². The molecule has 0 bridgehead atoms. The molecule has 6 nitrogen and oxygen atoms in total. The summed E-state index contributed by atoms with van der Waals surface area (Å²) in [7, 11) is 0. The van der Waals surface area contributed by atoms with E-state index in [0.717, 1.165) is 59.9 Å². The number of hydrogen-bond acceptors (Lipinski definition) is 6. The van der Waals surface area contributed by atoms with Gasteiger partial charge in [0.15, 0.2) is 0 Å². The quantitative estimate of drug-likeness (QED) is 0.217. The highest BCUT2D eigenvalue weighted by atomic mass is 32.2. The van der Waals surface area contributed by atoms with Gasteiger partial charge >= 0.3 is 17.8 Å². The Morgan fingerprint density at radius 1 is 0.649 bits per heavy atom. The third-order valence-electron chi connectivity index (χ3n) is 7.55. The first-order chi connectivity index (χ1) is 17.0. The predicted molar refractivity (Wildman–Crippen MR) is 123 cm³/mol. The highest BCUT2D eigenvalue weighted by molar-refractivity contribution is 8.06. The van der Waals surface area contributed by atoms with E-state index < -0.39 is 59.4 Å². The zero-order chi connectivity index (χ0) is 27.1. The summed E-state index contributed by atoms with van der Waals surface area (Å²) in [6.45, 7) is 2.89. The average Bonchev–Trinajstić information content (AvgIpc) is 3.31. The molecular formula is C23H12F6N2O4S2. The van der Waals surface area contributed by atoms with Crippen molar-refractivity contribution in [3.8, 4) is 0 Å². The molecule has 4 aliphatic rings. The summed E-state index contributed by atoms with van der Waals surface area (Å²) in [6.07, 6.45) is 0. The fourth-order valence-corrected chi connectivity index (χ4v) is 8.97. The van der Waals surface area contributed by atoms with E-state index in [0.29, 0.717) is 0 Å². The number of benzene rings is 2. The van der Waals surface area contributed by atoms with Crippen molar-refractivity contribution in [3.05, 3.63) is 78.9 Å². The maximum absolute atomic E-state index is 15.5. The van der Waals surface area contributed by atoms with Crippen LogP contribution in [-0.2, 0) is 0 Å². The number of alkyl halides is 6. The highest BCUT2D eigenvalue weighted by Gasteiger charge is 2.84. The first-order valence-corrected chi connectivity index (χ1v) is 12.2. The molecule has 2 aliphatic heterocycles. The Kier molecular flexibility index (Phi) is 4.41. The molecule has 0 aromatic heterocycles. The molecule has 1 saturated carbocycles. The first-order valence-electron chi connectivity index (χ1n) is 10.6. The van der Waals surface area contributed by atoms with Crippen LogP contribution in [0.4, 0.5) is 37.7 Å². The van der Waals surface area contributed by atoms with Gasteiger partial charge in [-0.15, -0.1) is 23.5 Å². The molecule has 0 radical (unpaired) electrons. The van der Waals surface area contributed by atoms with Crippen LogP contribution in [0, 0.1) is 20.2 Å². The van der Waals surface area contributed by atoms with E-state index in [1.54, 1.807) is 0 Å². The predicted octanol–water partition coefficient (Wildman–Crippen LogP) is 7.37. The average molecular weight is 558 g/mol. The van der Waals surface area contributed by atoms with E-state index in [1.165, 1.54) is 13.8 Å². The highest BCUT2D eigenvalue weighted by Crippen LogP contribution is 2.78. The molecule has 2 aromatic carbocycles. The smallest absolute Gasteiger partial charge is 0.258 e. The van der Waals surface area contributed by atoms with Gasteiger partial charge in [0, 0.05) is 45.2 Å². The van der Waals surface area contributed by atoms with Gasteiger partial charge in [0.05, 0.1) is 19.3 Å². The Morgan fingerprint density at radius 2 is 1.00 bits per heavy atom. The van der Waals surface area contributed by atoms with Crippen molar-refractivity contribution in [2.24, 2.45) is 0 Å². The molecule has 2 aliphatic carbocycles. The Morgan fingerprint density at radius 3 is 1.32 bits per heavy atom. The van der Waals surface area contributed by atoms with E-state index in [1.807, 2.05) is 0 Å². The van der Waals surface area contributed by atoms with Crippen molar-refractivity contribution < 1.29 is 36.2 Å². The van der Waals surface area contributed by atoms with Gasteiger partial charge in [-0.05, 0) is 48.3 Å². The van der Waals surface area contributed by atoms with Crippen molar-refractivity contribution >= 4 is 46.0 Å². The van der Waals surface area contributed by atoms with Crippen LogP contribution in [0.15, 0.2) is 57.3 Å². The van der Waals surface area contributed by atoms with Crippen LogP contribution in [0.5, 0.6) is 0 Å². The number of rotatable bonds is 2. The summed E-state index contributed by atoms with van der Waals surface area (Å²) in [5.41, 5.74) is -4.79. The van der Waals surface area contributed by atoms with Crippen LogP contribution in [-0.4, -0.2) is 37.1 Å². The number of hydrogen-bond donors (Lipinski definition) is 0. The minimum Gasteiger partial charge on any atom is -0.258 e. The van der Waals surface area contributed by atoms with Crippen LogP contribution in [0.3, 0.4) is 0 Å². The minimum atomic E-state index is -5.76. The lowest BCUT2D eigenvalue weighted by molar-refractivity contribution is -0.385. The largest absolute Gasteiger partial charge is 0.380 e. The van der Waals surface area contributed by atoms with E-state index in [2.05, 4.69) is 0 Å². The van der Waals surface area contributed by atoms with Crippen molar-refractivity contribution in [2.75, 3.05) is 0 Å². The molecule has 0 amide bonds. The van der Waals surface area contributed by atoms with Crippen molar-refractivity contribution in [3.63, 3.8) is 0 Å². The van der Waals surface area contributed by atoms with E-state index in [4.69, 9.17) is 0 Å². The normalized spacial score (nSPS) is 29.4. The Hall–Kier alpha value is -3.00. The fraction of sp³-hybridized carbons (Fsp3) is 0.304. The van der Waals surface area contributed by atoms with Crippen LogP contribution < -0.4 is 0 Å². The molecule has 14 heteroatoms. The standard InChI is InChI=1S/C23H12F6N2O4S2/c1-19-15(11-5-3-9(30(32)33)7-13(11)36-19)17-18(22(26,27)23(28,29)21(17,24)25)16-12-6-4-10(31(34)35)8-14(12)37-20(16,19)2/h3-8H,1-2H3/t19-,20-/m1/s1. The monoisotopic (exact) mass is 558 g/mol. The number of halogens is 6. The third kappa shape index (κ3) is 2.53. The summed E-state index contributed by atoms with van der Waals surface area (Å²) in [6, 6.07) is 6.43. The summed E-state index contributed by atoms with van der Waals surface area (Å²) >= 11 is 1.77. The SMILES string of the molecule is C[C@@]12Sc3cc([N+](=O)[O-])ccc3C1=C1C(=C3c4ccc([N+](=O)[O-])cc4S[C@]32C)C(F)(F)C(F)(F)C1(F)F. The topological polar surface area (TPSA) is 86.3 Å². The van der Waals surface area contributed by atoms with Gasteiger partial charge < -0.3 is 0 Å². The van der Waals surface area contributed by atoms with Gasteiger partial charge in [-0.1, -0.05) is 0 Å². The second-order valence-corrected chi connectivity index (χ2v) is 12.3. The molecule has 6 rings (SSSR count). The molecule has 0 spiro atoms. The molecular weight excluding hydrogens is 546 g/mol. The lowest BCUT2D eigenvalue weighted by Gasteiger charge is -2.47. The molecule has 2 aromatic rings. The maximum atomic E-state index is 15.5. The summed E-state index contributed by atoms with van der Waals surface area (Å²) < 4.78 is 88.5. The molecule has 2 heterocycles. The van der Waals surface area contributed by atoms with Gasteiger partial charge in [-0.2, -0.15) is 26.3 Å². The molecule has 0 saturated heterocycles. The Labute approximate surface area is 212 Å². The van der Waals surface area contributed by atoms with Crippen LogP contribution >= 0.6 is 23.5 Å². The van der Waals surface area contributed by atoms with Crippen LogP contribution in [0.1, 0.15) is 25.0 Å². The first kappa shape index (κ1) is 24.3. The molecule has 192 valence electrons. The number of non-ortho nitro benzene ring substituents is 2. The zero-order valence-corrected chi connectivity index (χ0v) is 20.2. The van der Waals surface area contributed by atoms with E-state index in [9.17, 15) is 29.0 Å². The summed E-state index contributed by atoms with van der Waals surface area (Å²) in [4.78, 5) is 21.4. The lowest BCUT2D eigenvalue weighted by atomic mass is 9.68. The minimum absolute atomic E-state index is 0.0680. The number of nitrogens with zero attached hydrogens (tertiary/aromatic N) is 2. The zero-order valence-electron chi connectivity index (χ0n) is 18.6. The lowest BCUT2D eigenvalue weighted by Crippen LogP contribution is -2.47. The number of thioether (sulfide) groups is 2. The summed E-state index contributed by atoms with van der Waals surface area (Å²) in [5.74, 6) is -16.3. The number of fused-ring (bicyclic) bond motifs is 8. The Bertz CT molecular complexity index is 1460. The second kappa shape index (κ2) is 6.70. The second-order valence-electron chi connectivity index (χ2n) is 9.37. The fourth-order valence-electron chi connectivity index (χ4n) is 5.69. The van der Waals surface area contributed by atoms with Crippen molar-refractivity contribution in [1.29, 1.82) is 0 Å².